The Kier molecular flexibility index (Phi) is 4.42. The van der Waals surface area contributed by atoms with Crippen LogP contribution in [0.3, 0.4) is 0 Å². The highest BCUT2D eigenvalue weighted by Gasteiger charge is 2.42. The summed E-state index contributed by atoms with van der Waals surface area (Å²) in [5, 5.41) is 20.5. The minimum Gasteiger partial charge on any atom is -0.484 e. The second kappa shape index (κ2) is 6.09. The molecule has 1 aromatic carbocycles. The number of carbonyl (C=O) groups is 1. The van der Waals surface area contributed by atoms with Crippen molar-refractivity contribution in [3.63, 3.8) is 0 Å². The number of aliphatic hydroxyl groups is 1. The fraction of sp³-hybridized carbons (Fsp3) is 0.500. The topological polar surface area (TPSA) is 92.9 Å². The van der Waals surface area contributed by atoms with Crippen LogP contribution in [0.25, 0.3) is 0 Å². The molecule has 0 unspecified atom stereocenters. The number of nitrogens with zero attached hydrogens (tertiary/aromatic N) is 2. The Bertz CT molecular complexity index is 523. The number of β-amino-alcohol motifs (C(OH)–C–C–N with tert-alkyl or cyclic N) is 1. The zero-order valence-corrected chi connectivity index (χ0v) is 11.8. The maximum atomic E-state index is 11.8. The minimum atomic E-state index is -0.752. The number of nitro benzene ring substituents is 1. The van der Waals surface area contributed by atoms with Gasteiger partial charge in [-0.15, -0.1) is 0 Å². The molecular formula is C14H18N2O5. The Hall–Kier alpha value is -2.15. The van der Waals surface area contributed by atoms with Crippen molar-refractivity contribution in [2.24, 2.45) is 0 Å². The smallest absolute Gasteiger partial charge is 0.269 e. The van der Waals surface area contributed by atoms with Gasteiger partial charge in [0.15, 0.2) is 6.61 Å². The fourth-order valence-corrected chi connectivity index (χ4v) is 2.36. The van der Waals surface area contributed by atoms with Crippen LogP contribution >= 0.6 is 0 Å². The minimum absolute atomic E-state index is 0.0268. The Morgan fingerprint density at radius 3 is 2.57 bits per heavy atom. The highest BCUT2D eigenvalue weighted by atomic mass is 16.6. The zero-order valence-electron chi connectivity index (χ0n) is 11.8. The van der Waals surface area contributed by atoms with Crippen LogP contribution in [-0.2, 0) is 4.79 Å². The van der Waals surface area contributed by atoms with Crippen LogP contribution in [0.2, 0.25) is 0 Å². The molecule has 21 heavy (non-hydrogen) atoms. The molecule has 1 heterocycles. The van der Waals surface area contributed by atoms with Gasteiger partial charge in [-0.1, -0.05) is 13.3 Å². The second-order valence-corrected chi connectivity index (χ2v) is 5.26. The molecule has 1 aliphatic rings. The number of non-ortho nitro benzene ring substituents is 1. The lowest BCUT2D eigenvalue weighted by Gasteiger charge is -2.46. The van der Waals surface area contributed by atoms with Gasteiger partial charge in [-0.25, -0.2) is 0 Å². The van der Waals surface area contributed by atoms with E-state index in [2.05, 4.69) is 0 Å². The third kappa shape index (κ3) is 3.69. The molecule has 7 nitrogen and oxygen atoms in total. The van der Waals surface area contributed by atoms with Crippen molar-refractivity contribution in [1.29, 1.82) is 0 Å². The molecule has 0 bridgehead atoms. The standard InChI is InChI=1S/C14H18N2O5/c1-2-7-14(18)9-15(10-14)13(17)8-21-12-5-3-11(4-6-12)16(19)20/h3-6,18H,2,7-10H2,1H3. The van der Waals surface area contributed by atoms with Crippen LogP contribution in [0, 0.1) is 10.1 Å². The Balaban J connectivity index is 1.79. The quantitative estimate of drug-likeness (QED) is 0.631. The van der Waals surface area contributed by atoms with E-state index in [1.54, 1.807) is 4.90 Å². The second-order valence-electron chi connectivity index (χ2n) is 5.26. The summed E-state index contributed by atoms with van der Waals surface area (Å²) in [7, 11) is 0. The number of rotatable bonds is 6. The molecule has 0 atom stereocenters. The normalized spacial score (nSPS) is 16.2. The van der Waals surface area contributed by atoms with E-state index in [1.807, 2.05) is 6.92 Å². The van der Waals surface area contributed by atoms with Gasteiger partial charge in [0.1, 0.15) is 5.75 Å². The van der Waals surface area contributed by atoms with Crippen molar-refractivity contribution in [1.82, 2.24) is 4.90 Å². The van der Waals surface area contributed by atoms with Crippen molar-refractivity contribution in [3.8, 4) is 5.75 Å². The van der Waals surface area contributed by atoms with Gasteiger partial charge in [0.05, 0.1) is 23.6 Å². The van der Waals surface area contributed by atoms with Crippen molar-refractivity contribution >= 4 is 11.6 Å². The average molecular weight is 294 g/mol. The molecule has 0 spiro atoms. The molecule has 2 rings (SSSR count). The van der Waals surface area contributed by atoms with E-state index >= 15 is 0 Å². The van der Waals surface area contributed by atoms with Crippen molar-refractivity contribution in [2.75, 3.05) is 19.7 Å². The van der Waals surface area contributed by atoms with Crippen LogP contribution in [0.15, 0.2) is 24.3 Å². The van der Waals surface area contributed by atoms with Gasteiger partial charge in [0.25, 0.3) is 11.6 Å². The maximum absolute atomic E-state index is 11.8. The van der Waals surface area contributed by atoms with Gasteiger partial charge in [-0.05, 0) is 18.6 Å². The largest absolute Gasteiger partial charge is 0.484 e. The summed E-state index contributed by atoms with van der Waals surface area (Å²) in [5.74, 6) is 0.201. The number of ether oxygens (including phenoxy) is 1. The van der Waals surface area contributed by atoms with E-state index in [1.165, 1.54) is 24.3 Å². The molecule has 0 saturated carbocycles. The predicted octanol–water partition coefficient (Wildman–Crippen LogP) is 1.35. The molecular weight excluding hydrogens is 276 g/mol. The number of carbonyl (C=O) groups excluding carboxylic acids is 1. The molecule has 0 aliphatic carbocycles. The highest BCUT2D eigenvalue weighted by molar-refractivity contribution is 5.79. The highest BCUT2D eigenvalue weighted by Crippen LogP contribution is 2.26. The summed E-state index contributed by atoms with van der Waals surface area (Å²) in [6, 6.07) is 5.55. The SMILES string of the molecule is CCCC1(O)CN(C(=O)COc2ccc([N+](=O)[O-])cc2)C1. The van der Waals surface area contributed by atoms with Crippen molar-refractivity contribution < 1.29 is 19.6 Å². The van der Waals surface area contributed by atoms with Gasteiger partial charge >= 0.3 is 0 Å². The van der Waals surface area contributed by atoms with Gasteiger partial charge in [-0.2, -0.15) is 0 Å². The van der Waals surface area contributed by atoms with Gasteiger partial charge in [0, 0.05) is 12.1 Å². The average Bonchev–Trinajstić information content (AvgIpc) is 2.42. The first kappa shape index (κ1) is 15.2. The number of amides is 1. The molecule has 0 aromatic heterocycles. The molecule has 1 aromatic rings. The van der Waals surface area contributed by atoms with Gasteiger partial charge in [-0.3, -0.25) is 14.9 Å². The van der Waals surface area contributed by atoms with E-state index in [0.717, 1.165) is 6.42 Å². The lowest BCUT2D eigenvalue weighted by molar-refractivity contribution is -0.384. The summed E-state index contributed by atoms with van der Waals surface area (Å²) in [6.45, 7) is 2.52. The van der Waals surface area contributed by atoms with E-state index in [0.29, 0.717) is 25.3 Å². The lowest BCUT2D eigenvalue weighted by atomic mass is 9.89. The molecule has 114 valence electrons. The first-order valence-electron chi connectivity index (χ1n) is 6.81. The predicted molar refractivity (Wildman–Crippen MR) is 75.0 cm³/mol. The number of hydrogen-bond acceptors (Lipinski definition) is 5. The first-order valence-corrected chi connectivity index (χ1v) is 6.81. The molecule has 1 amide bonds. The summed E-state index contributed by atoms with van der Waals surface area (Å²) in [6.07, 6.45) is 1.55. The number of benzene rings is 1. The summed E-state index contributed by atoms with van der Waals surface area (Å²) < 4.78 is 5.29. The molecule has 1 N–H and O–H groups in total. The first-order chi connectivity index (χ1) is 9.93. The molecule has 1 saturated heterocycles. The van der Waals surface area contributed by atoms with Crippen molar-refractivity contribution in [3.05, 3.63) is 34.4 Å². The van der Waals surface area contributed by atoms with Gasteiger partial charge in [0.2, 0.25) is 0 Å². The van der Waals surface area contributed by atoms with Crippen LogP contribution in [0.4, 0.5) is 5.69 Å². The summed E-state index contributed by atoms with van der Waals surface area (Å²) in [5.41, 5.74) is -0.779. The van der Waals surface area contributed by atoms with Crippen LogP contribution < -0.4 is 4.74 Å². The molecule has 1 fully saturated rings. The monoisotopic (exact) mass is 294 g/mol. The molecule has 7 heteroatoms. The van der Waals surface area contributed by atoms with Crippen LogP contribution in [-0.4, -0.2) is 46.1 Å². The van der Waals surface area contributed by atoms with Crippen LogP contribution in [0.1, 0.15) is 19.8 Å². The third-order valence-corrected chi connectivity index (χ3v) is 3.45. The number of nitro groups is 1. The fourth-order valence-electron chi connectivity index (χ4n) is 2.36. The summed E-state index contributed by atoms with van der Waals surface area (Å²) in [4.78, 5) is 23.4. The number of likely N-dealkylation sites (tertiary alicyclic amines) is 1. The van der Waals surface area contributed by atoms with Crippen LogP contribution in [0.5, 0.6) is 5.75 Å². The molecule has 1 aliphatic heterocycles. The lowest BCUT2D eigenvalue weighted by Crippen LogP contribution is -2.64. The number of hydrogen-bond donors (Lipinski definition) is 1. The maximum Gasteiger partial charge on any atom is 0.269 e. The Labute approximate surface area is 122 Å². The van der Waals surface area contributed by atoms with E-state index in [4.69, 9.17) is 4.74 Å². The van der Waals surface area contributed by atoms with Crippen molar-refractivity contribution in [2.45, 2.75) is 25.4 Å². The van der Waals surface area contributed by atoms with Gasteiger partial charge < -0.3 is 14.7 Å². The zero-order chi connectivity index (χ0) is 15.5. The van der Waals surface area contributed by atoms with E-state index in [-0.39, 0.29) is 18.2 Å². The Morgan fingerprint density at radius 1 is 1.43 bits per heavy atom. The van der Waals surface area contributed by atoms with E-state index < -0.39 is 10.5 Å². The van der Waals surface area contributed by atoms with E-state index in [9.17, 15) is 20.0 Å². The molecule has 0 radical (unpaired) electrons. The third-order valence-electron chi connectivity index (χ3n) is 3.45. The summed E-state index contributed by atoms with van der Waals surface area (Å²) >= 11 is 0. The Morgan fingerprint density at radius 2 is 2.05 bits per heavy atom.